The first-order valence-electron chi connectivity index (χ1n) is 5.88. The monoisotopic (exact) mass is 249 g/mol. The zero-order valence-electron chi connectivity index (χ0n) is 11.2. The van der Waals surface area contributed by atoms with E-state index in [9.17, 15) is 9.59 Å². The van der Waals surface area contributed by atoms with Crippen molar-refractivity contribution < 1.29 is 14.7 Å². The Morgan fingerprint density at radius 3 is 2.22 bits per heavy atom. The normalized spacial score (nSPS) is 12.0. The van der Waals surface area contributed by atoms with Gasteiger partial charge >= 0.3 is 5.97 Å². The van der Waals surface area contributed by atoms with Crippen LogP contribution in [0.15, 0.2) is 18.2 Å². The Kier molecular flexibility index (Phi) is 4.48. The first-order valence-corrected chi connectivity index (χ1v) is 5.88. The van der Waals surface area contributed by atoms with Gasteiger partial charge in [0.1, 0.15) is 6.04 Å². The molecule has 0 aliphatic heterocycles. The van der Waals surface area contributed by atoms with Crippen molar-refractivity contribution in [2.45, 2.75) is 33.2 Å². The summed E-state index contributed by atoms with van der Waals surface area (Å²) in [6, 6.07) is 5.05. The molecule has 1 N–H and O–H groups in total. The third-order valence-corrected chi connectivity index (χ3v) is 3.30. The fraction of sp³-hybridized carbons (Fsp3) is 0.429. The van der Waals surface area contributed by atoms with Crippen LogP contribution in [0.3, 0.4) is 0 Å². The highest BCUT2D eigenvalue weighted by atomic mass is 16.4. The number of carboxylic acids is 1. The van der Waals surface area contributed by atoms with Gasteiger partial charge in [-0.3, -0.25) is 4.79 Å². The van der Waals surface area contributed by atoms with Crippen molar-refractivity contribution >= 4 is 11.9 Å². The number of nitrogens with zero attached hydrogens (tertiary/aromatic N) is 1. The number of likely N-dealkylation sites (N-methyl/N-ethyl adjacent to an activating group) is 1. The van der Waals surface area contributed by atoms with Crippen LogP contribution in [0.4, 0.5) is 0 Å². The minimum Gasteiger partial charge on any atom is -0.480 e. The molecule has 18 heavy (non-hydrogen) atoms. The van der Waals surface area contributed by atoms with Gasteiger partial charge in [0.15, 0.2) is 0 Å². The van der Waals surface area contributed by atoms with E-state index in [1.165, 1.54) is 18.9 Å². The molecular weight excluding hydrogens is 230 g/mol. The summed E-state index contributed by atoms with van der Waals surface area (Å²) in [6.45, 7) is 5.41. The zero-order valence-corrected chi connectivity index (χ0v) is 11.2. The SMILES string of the molecule is Cc1cccc(C)c1CC(=O)N(C)C(C)C(=O)O. The number of carbonyl (C=O) groups excluding carboxylic acids is 1. The third-order valence-electron chi connectivity index (χ3n) is 3.30. The van der Waals surface area contributed by atoms with Gasteiger partial charge in [0.25, 0.3) is 0 Å². The van der Waals surface area contributed by atoms with Crippen molar-refractivity contribution in [1.29, 1.82) is 0 Å². The number of rotatable bonds is 4. The molecule has 0 fully saturated rings. The van der Waals surface area contributed by atoms with Crippen LogP contribution in [0.1, 0.15) is 23.6 Å². The quantitative estimate of drug-likeness (QED) is 0.884. The molecule has 0 aliphatic carbocycles. The summed E-state index contributed by atoms with van der Waals surface area (Å²) in [6.07, 6.45) is 0.243. The van der Waals surface area contributed by atoms with Gasteiger partial charge in [0.05, 0.1) is 6.42 Å². The van der Waals surface area contributed by atoms with Gasteiger partial charge in [0.2, 0.25) is 5.91 Å². The van der Waals surface area contributed by atoms with E-state index < -0.39 is 12.0 Å². The van der Waals surface area contributed by atoms with Gasteiger partial charge in [-0.1, -0.05) is 18.2 Å². The molecule has 0 radical (unpaired) electrons. The highest BCUT2D eigenvalue weighted by Crippen LogP contribution is 2.15. The highest BCUT2D eigenvalue weighted by Gasteiger charge is 2.22. The Morgan fingerprint density at radius 1 is 1.28 bits per heavy atom. The summed E-state index contributed by atoms with van der Waals surface area (Å²) in [5, 5.41) is 8.88. The van der Waals surface area contributed by atoms with Gasteiger partial charge in [-0.2, -0.15) is 0 Å². The largest absolute Gasteiger partial charge is 0.480 e. The van der Waals surface area contributed by atoms with E-state index in [2.05, 4.69) is 0 Å². The van der Waals surface area contributed by atoms with Crippen molar-refractivity contribution in [3.05, 3.63) is 34.9 Å². The van der Waals surface area contributed by atoms with Gasteiger partial charge < -0.3 is 10.0 Å². The molecule has 0 aliphatic rings. The van der Waals surface area contributed by atoms with E-state index in [1.807, 2.05) is 32.0 Å². The maximum absolute atomic E-state index is 12.0. The Bertz CT molecular complexity index is 448. The van der Waals surface area contributed by atoms with Crippen LogP contribution < -0.4 is 0 Å². The summed E-state index contributed by atoms with van der Waals surface area (Å²) in [5.41, 5.74) is 3.09. The topological polar surface area (TPSA) is 57.6 Å². The average molecular weight is 249 g/mol. The molecule has 1 aromatic rings. The minimum atomic E-state index is -0.993. The summed E-state index contributed by atoms with van der Waals surface area (Å²) in [4.78, 5) is 24.1. The van der Waals surface area contributed by atoms with Gasteiger partial charge in [-0.15, -0.1) is 0 Å². The minimum absolute atomic E-state index is 0.178. The maximum Gasteiger partial charge on any atom is 0.326 e. The standard InChI is InChI=1S/C14H19NO3/c1-9-6-5-7-10(2)12(9)8-13(16)15(4)11(3)14(17)18/h5-7,11H,8H2,1-4H3,(H,17,18). The number of aryl methyl sites for hydroxylation is 2. The lowest BCUT2D eigenvalue weighted by Crippen LogP contribution is -2.41. The molecule has 0 saturated heterocycles. The predicted molar refractivity (Wildman–Crippen MR) is 69.5 cm³/mol. The number of carboxylic acid groups (broad SMARTS) is 1. The second-order valence-electron chi connectivity index (χ2n) is 4.57. The molecule has 0 bridgehead atoms. The van der Waals surface area contributed by atoms with E-state index in [4.69, 9.17) is 5.11 Å². The zero-order chi connectivity index (χ0) is 13.9. The summed E-state index contributed by atoms with van der Waals surface area (Å²) >= 11 is 0. The summed E-state index contributed by atoms with van der Waals surface area (Å²) < 4.78 is 0. The lowest BCUT2D eigenvalue weighted by atomic mass is 9.99. The maximum atomic E-state index is 12.0. The number of hydrogen-bond donors (Lipinski definition) is 1. The van der Waals surface area contributed by atoms with E-state index in [0.717, 1.165) is 16.7 Å². The highest BCUT2D eigenvalue weighted by molar-refractivity contribution is 5.84. The molecule has 0 saturated carbocycles. The van der Waals surface area contributed by atoms with Crippen molar-refractivity contribution in [1.82, 2.24) is 4.90 Å². The lowest BCUT2D eigenvalue weighted by molar-refractivity contribution is -0.148. The van der Waals surface area contributed by atoms with Crippen molar-refractivity contribution in [2.24, 2.45) is 0 Å². The number of amides is 1. The first-order chi connectivity index (χ1) is 8.34. The predicted octanol–water partition coefficient (Wildman–Crippen LogP) is 1.78. The van der Waals surface area contributed by atoms with Crippen LogP contribution in [0.2, 0.25) is 0 Å². The molecular formula is C14H19NO3. The van der Waals surface area contributed by atoms with Gasteiger partial charge in [-0.25, -0.2) is 4.79 Å². The number of hydrogen-bond acceptors (Lipinski definition) is 2. The molecule has 1 atom stereocenters. The van der Waals surface area contributed by atoms with E-state index in [1.54, 1.807) is 0 Å². The Balaban J connectivity index is 2.85. The van der Waals surface area contributed by atoms with Gasteiger partial charge in [-0.05, 0) is 37.5 Å². The Morgan fingerprint density at radius 2 is 1.78 bits per heavy atom. The molecule has 1 aromatic carbocycles. The molecule has 1 unspecified atom stereocenters. The average Bonchev–Trinajstić information content (AvgIpc) is 2.31. The van der Waals surface area contributed by atoms with Crippen LogP contribution in [0, 0.1) is 13.8 Å². The molecule has 0 spiro atoms. The number of aliphatic carboxylic acids is 1. The molecule has 98 valence electrons. The molecule has 4 heteroatoms. The smallest absolute Gasteiger partial charge is 0.326 e. The van der Waals surface area contributed by atoms with E-state index in [0.29, 0.717) is 0 Å². The Labute approximate surface area is 107 Å². The fourth-order valence-electron chi connectivity index (χ4n) is 1.79. The first kappa shape index (κ1) is 14.2. The Hall–Kier alpha value is -1.84. The third kappa shape index (κ3) is 3.09. The van der Waals surface area contributed by atoms with Gasteiger partial charge in [0, 0.05) is 7.05 Å². The molecule has 4 nitrogen and oxygen atoms in total. The number of benzene rings is 1. The van der Waals surface area contributed by atoms with Crippen molar-refractivity contribution in [3.8, 4) is 0 Å². The summed E-state index contributed by atoms with van der Waals surface area (Å²) in [7, 11) is 1.52. The van der Waals surface area contributed by atoms with Crippen LogP contribution in [-0.2, 0) is 16.0 Å². The van der Waals surface area contributed by atoms with Crippen LogP contribution in [-0.4, -0.2) is 35.0 Å². The number of carbonyl (C=O) groups is 2. The summed E-state index contributed by atoms with van der Waals surface area (Å²) in [5.74, 6) is -1.17. The lowest BCUT2D eigenvalue weighted by Gasteiger charge is -2.22. The van der Waals surface area contributed by atoms with Crippen molar-refractivity contribution in [2.75, 3.05) is 7.05 Å². The second-order valence-corrected chi connectivity index (χ2v) is 4.57. The van der Waals surface area contributed by atoms with Crippen molar-refractivity contribution in [3.63, 3.8) is 0 Å². The van der Waals surface area contributed by atoms with Crippen LogP contribution in [0.5, 0.6) is 0 Å². The molecule has 0 heterocycles. The molecule has 0 aromatic heterocycles. The second kappa shape index (κ2) is 5.67. The van der Waals surface area contributed by atoms with Crippen LogP contribution in [0.25, 0.3) is 0 Å². The van der Waals surface area contributed by atoms with E-state index >= 15 is 0 Å². The fourth-order valence-corrected chi connectivity index (χ4v) is 1.79. The van der Waals surface area contributed by atoms with E-state index in [-0.39, 0.29) is 12.3 Å². The molecule has 1 amide bonds. The van der Waals surface area contributed by atoms with Crippen LogP contribution >= 0.6 is 0 Å². The molecule has 1 rings (SSSR count).